The van der Waals surface area contributed by atoms with Crippen molar-refractivity contribution >= 4 is 23.0 Å². The highest BCUT2D eigenvalue weighted by Crippen LogP contribution is 2.49. The van der Waals surface area contributed by atoms with Crippen LogP contribution in [0.1, 0.15) is 38.2 Å². The van der Waals surface area contributed by atoms with Crippen LogP contribution in [0.5, 0.6) is 0 Å². The second kappa shape index (κ2) is 6.30. The molecule has 1 aromatic rings. The molecule has 23 heavy (non-hydrogen) atoms. The maximum Gasteiger partial charge on any atom is 0.416 e. The summed E-state index contributed by atoms with van der Waals surface area (Å²) in [6.45, 7) is 2.12. The number of benzene rings is 1. The summed E-state index contributed by atoms with van der Waals surface area (Å²) in [5.41, 5.74) is -0.316. The highest BCUT2D eigenvalue weighted by atomic mass is 32.1. The van der Waals surface area contributed by atoms with Crippen LogP contribution >= 0.6 is 12.2 Å². The predicted molar refractivity (Wildman–Crippen MR) is 89.2 cm³/mol. The van der Waals surface area contributed by atoms with Crippen molar-refractivity contribution in [3.8, 4) is 0 Å². The number of thiocarbonyl (C=S) groups is 1. The molecule has 2 aliphatic carbocycles. The second-order valence-corrected chi connectivity index (χ2v) is 7.21. The normalized spacial score (nSPS) is 27.7. The topological polar surface area (TPSA) is 24.1 Å². The summed E-state index contributed by atoms with van der Waals surface area (Å²) in [5, 5.41) is 6.51. The van der Waals surface area contributed by atoms with E-state index < -0.39 is 11.7 Å². The highest BCUT2D eigenvalue weighted by Gasteiger charge is 2.41. The van der Waals surface area contributed by atoms with E-state index in [0.29, 0.717) is 16.7 Å². The van der Waals surface area contributed by atoms with Gasteiger partial charge in [-0.1, -0.05) is 12.5 Å². The number of anilines is 1. The Bertz CT molecular complexity index is 587. The third-order valence-electron chi connectivity index (χ3n) is 5.24. The minimum atomic E-state index is -4.34. The molecule has 0 radical (unpaired) electrons. The monoisotopic (exact) mass is 342 g/mol. The van der Waals surface area contributed by atoms with Crippen LogP contribution in [0.2, 0.25) is 0 Å². The highest BCUT2D eigenvalue weighted by molar-refractivity contribution is 7.80. The molecular weight excluding hydrogens is 321 g/mol. The standard InChI is InChI=1S/C17H21F3N2S/c1-10(15-8-11-5-6-12(15)7-11)21-16(23)22-14-4-2-3-13(9-14)17(18,19)20/h2-4,9-12,15H,5-8H2,1H3,(H2,21,22,23). The molecule has 2 nitrogen and oxygen atoms in total. The molecule has 0 saturated heterocycles. The molecule has 4 unspecified atom stereocenters. The van der Waals surface area contributed by atoms with Gasteiger partial charge < -0.3 is 10.6 Å². The van der Waals surface area contributed by atoms with Gasteiger partial charge in [-0.3, -0.25) is 0 Å². The zero-order chi connectivity index (χ0) is 16.6. The first kappa shape index (κ1) is 16.6. The van der Waals surface area contributed by atoms with Gasteiger partial charge >= 0.3 is 6.18 Å². The molecule has 2 fully saturated rings. The van der Waals surface area contributed by atoms with E-state index >= 15 is 0 Å². The fourth-order valence-electron chi connectivity index (χ4n) is 4.16. The summed E-state index contributed by atoms with van der Waals surface area (Å²) < 4.78 is 38.2. The Kier molecular flexibility index (Phi) is 4.54. The van der Waals surface area contributed by atoms with Crippen molar-refractivity contribution in [3.05, 3.63) is 29.8 Å². The molecule has 2 bridgehead atoms. The molecule has 0 heterocycles. The Morgan fingerprint density at radius 2 is 2.04 bits per heavy atom. The summed E-state index contributed by atoms with van der Waals surface area (Å²) in [4.78, 5) is 0. The Balaban J connectivity index is 1.57. The van der Waals surface area contributed by atoms with Crippen molar-refractivity contribution in [1.82, 2.24) is 5.32 Å². The lowest BCUT2D eigenvalue weighted by Gasteiger charge is -2.29. The summed E-state index contributed by atoms with van der Waals surface area (Å²) in [6, 6.07) is 5.35. The maximum atomic E-state index is 12.7. The van der Waals surface area contributed by atoms with E-state index in [9.17, 15) is 13.2 Å². The van der Waals surface area contributed by atoms with Crippen molar-refractivity contribution < 1.29 is 13.2 Å². The van der Waals surface area contributed by atoms with Crippen LogP contribution in [0.15, 0.2) is 24.3 Å². The zero-order valence-electron chi connectivity index (χ0n) is 13.0. The van der Waals surface area contributed by atoms with Crippen molar-refractivity contribution in [3.63, 3.8) is 0 Å². The molecule has 2 saturated carbocycles. The number of hydrogen-bond acceptors (Lipinski definition) is 1. The predicted octanol–water partition coefficient (Wildman–Crippen LogP) is 4.82. The van der Waals surface area contributed by atoms with Crippen molar-refractivity contribution in [2.75, 3.05) is 5.32 Å². The number of alkyl halides is 3. The fraction of sp³-hybridized carbons (Fsp3) is 0.588. The van der Waals surface area contributed by atoms with Gasteiger partial charge in [0.15, 0.2) is 5.11 Å². The van der Waals surface area contributed by atoms with Crippen LogP contribution < -0.4 is 10.6 Å². The van der Waals surface area contributed by atoms with Gasteiger partial charge in [0.1, 0.15) is 0 Å². The summed E-state index contributed by atoms with van der Waals surface area (Å²) in [6.07, 6.45) is 0.870. The molecule has 126 valence electrons. The lowest BCUT2D eigenvalue weighted by molar-refractivity contribution is -0.137. The SMILES string of the molecule is CC(NC(=S)Nc1cccc(C(F)(F)F)c1)C1CC2CCC1C2. The first-order chi connectivity index (χ1) is 10.8. The molecule has 2 aliphatic rings. The number of halogens is 3. The Morgan fingerprint density at radius 3 is 2.65 bits per heavy atom. The van der Waals surface area contributed by atoms with Crippen LogP contribution in [0.25, 0.3) is 0 Å². The Labute approximate surface area is 139 Å². The van der Waals surface area contributed by atoms with Crippen molar-refractivity contribution in [1.29, 1.82) is 0 Å². The van der Waals surface area contributed by atoms with Gasteiger partial charge in [0.05, 0.1) is 5.56 Å². The minimum absolute atomic E-state index is 0.246. The first-order valence-corrected chi connectivity index (χ1v) is 8.48. The Hall–Kier alpha value is -1.30. The van der Waals surface area contributed by atoms with E-state index in [4.69, 9.17) is 12.2 Å². The number of rotatable bonds is 3. The van der Waals surface area contributed by atoms with Gasteiger partial charge in [0.25, 0.3) is 0 Å². The number of nitrogens with one attached hydrogen (secondary N) is 2. The molecule has 2 N–H and O–H groups in total. The van der Waals surface area contributed by atoms with Gasteiger partial charge in [-0.25, -0.2) is 0 Å². The first-order valence-electron chi connectivity index (χ1n) is 8.07. The smallest absolute Gasteiger partial charge is 0.360 e. The summed E-state index contributed by atoms with van der Waals surface area (Å²) in [5.74, 6) is 2.26. The van der Waals surface area contributed by atoms with E-state index in [1.165, 1.54) is 31.7 Å². The lowest BCUT2D eigenvalue weighted by Crippen LogP contribution is -2.42. The number of hydrogen-bond donors (Lipinski definition) is 2. The van der Waals surface area contributed by atoms with Crippen molar-refractivity contribution in [2.45, 2.75) is 44.8 Å². The van der Waals surface area contributed by atoms with E-state index in [0.717, 1.165) is 24.0 Å². The lowest BCUT2D eigenvalue weighted by atomic mass is 9.84. The van der Waals surface area contributed by atoms with Gasteiger partial charge in [0, 0.05) is 11.7 Å². The van der Waals surface area contributed by atoms with Gasteiger partial charge in [0.2, 0.25) is 0 Å². The molecule has 0 aromatic heterocycles. The number of fused-ring (bicyclic) bond motifs is 2. The van der Waals surface area contributed by atoms with Gasteiger partial charge in [-0.05, 0) is 74.4 Å². The van der Waals surface area contributed by atoms with Gasteiger partial charge in [-0.2, -0.15) is 13.2 Å². The molecule has 4 atom stereocenters. The minimum Gasteiger partial charge on any atom is -0.360 e. The summed E-state index contributed by atoms with van der Waals surface area (Å²) >= 11 is 5.27. The van der Waals surface area contributed by atoms with E-state index in [1.807, 2.05) is 0 Å². The second-order valence-electron chi connectivity index (χ2n) is 6.80. The van der Waals surface area contributed by atoms with Crippen LogP contribution in [0.4, 0.5) is 18.9 Å². The molecule has 0 amide bonds. The third kappa shape index (κ3) is 3.79. The molecular formula is C17H21F3N2S. The Morgan fingerprint density at radius 1 is 1.26 bits per heavy atom. The summed E-state index contributed by atoms with van der Waals surface area (Å²) in [7, 11) is 0. The van der Waals surface area contributed by atoms with E-state index in [2.05, 4.69) is 17.6 Å². The van der Waals surface area contributed by atoms with E-state index in [1.54, 1.807) is 6.07 Å². The molecule has 0 spiro atoms. The average molecular weight is 342 g/mol. The quantitative estimate of drug-likeness (QED) is 0.771. The molecule has 0 aliphatic heterocycles. The zero-order valence-corrected chi connectivity index (χ0v) is 13.8. The fourth-order valence-corrected chi connectivity index (χ4v) is 4.46. The molecule has 6 heteroatoms. The van der Waals surface area contributed by atoms with Crippen LogP contribution in [-0.4, -0.2) is 11.2 Å². The van der Waals surface area contributed by atoms with Crippen LogP contribution in [0, 0.1) is 17.8 Å². The third-order valence-corrected chi connectivity index (χ3v) is 5.46. The maximum absolute atomic E-state index is 12.7. The van der Waals surface area contributed by atoms with Crippen LogP contribution in [0.3, 0.4) is 0 Å². The van der Waals surface area contributed by atoms with Gasteiger partial charge in [-0.15, -0.1) is 0 Å². The average Bonchev–Trinajstić information content (AvgIpc) is 3.09. The largest absolute Gasteiger partial charge is 0.416 e. The van der Waals surface area contributed by atoms with Crippen molar-refractivity contribution in [2.24, 2.45) is 17.8 Å². The molecule has 3 rings (SSSR count). The van der Waals surface area contributed by atoms with E-state index in [-0.39, 0.29) is 6.04 Å². The van der Waals surface area contributed by atoms with Crippen LogP contribution in [-0.2, 0) is 6.18 Å². The molecule has 1 aromatic carbocycles.